The molecule has 0 fully saturated rings. The molecule has 0 aliphatic heterocycles. The van der Waals surface area contributed by atoms with Gasteiger partial charge in [0.15, 0.2) is 0 Å². The second-order valence-corrected chi connectivity index (χ2v) is 2.61. The third kappa shape index (κ3) is 1.61. The maximum atomic E-state index is 12.8. The maximum absolute atomic E-state index is 12.8. The highest BCUT2D eigenvalue weighted by molar-refractivity contribution is 6.31. The molecule has 0 aliphatic carbocycles. The van der Waals surface area contributed by atoms with Crippen LogP contribution in [0.5, 0.6) is 0 Å². The van der Waals surface area contributed by atoms with Crippen LogP contribution >= 0.6 is 11.6 Å². The van der Waals surface area contributed by atoms with E-state index in [2.05, 4.69) is 0 Å². The Morgan fingerprint density at radius 2 is 2.18 bits per heavy atom. The number of halogens is 2. The Labute approximate surface area is 68.6 Å². The SMILES string of the molecule is Cc1cc(NO)cc(Cl)c1F. The van der Waals surface area contributed by atoms with Crippen molar-refractivity contribution in [3.05, 3.63) is 28.5 Å². The molecule has 1 aromatic carbocycles. The normalized spacial score (nSPS) is 9.82. The minimum Gasteiger partial charge on any atom is -0.291 e. The highest BCUT2D eigenvalue weighted by Gasteiger charge is 2.04. The van der Waals surface area contributed by atoms with Crippen molar-refractivity contribution < 1.29 is 9.60 Å². The maximum Gasteiger partial charge on any atom is 0.144 e. The van der Waals surface area contributed by atoms with E-state index in [1.54, 1.807) is 6.92 Å². The molecule has 2 N–H and O–H groups in total. The molecule has 0 saturated carbocycles. The van der Waals surface area contributed by atoms with E-state index in [1.807, 2.05) is 5.48 Å². The molecular weight excluding hydrogens is 169 g/mol. The fourth-order valence-corrected chi connectivity index (χ4v) is 1.06. The van der Waals surface area contributed by atoms with Crippen molar-refractivity contribution in [3.63, 3.8) is 0 Å². The lowest BCUT2D eigenvalue weighted by atomic mass is 10.2. The first kappa shape index (κ1) is 8.30. The standard InChI is InChI=1S/C7H7ClFNO/c1-4-2-5(10-11)3-6(8)7(4)9/h2-3,10-11H,1H3. The largest absolute Gasteiger partial charge is 0.291 e. The predicted molar refractivity (Wildman–Crippen MR) is 41.6 cm³/mol. The molecule has 1 rings (SSSR count). The van der Waals surface area contributed by atoms with Crippen molar-refractivity contribution in [2.75, 3.05) is 5.48 Å². The molecule has 0 radical (unpaired) electrons. The van der Waals surface area contributed by atoms with E-state index in [0.29, 0.717) is 11.3 Å². The van der Waals surface area contributed by atoms with Gasteiger partial charge >= 0.3 is 0 Å². The first-order chi connectivity index (χ1) is 5.15. The number of anilines is 1. The molecule has 4 heteroatoms. The van der Waals surface area contributed by atoms with Crippen LogP contribution < -0.4 is 5.48 Å². The van der Waals surface area contributed by atoms with Gasteiger partial charge in [0.1, 0.15) is 5.82 Å². The Kier molecular flexibility index (Phi) is 2.31. The molecule has 0 unspecified atom stereocenters. The van der Waals surface area contributed by atoms with E-state index >= 15 is 0 Å². The summed E-state index contributed by atoms with van der Waals surface area (Å²) in [4.78, 5) is 0. The Bertz CT molecular complexity index is 254. The van der Waals surface area contributed by atoms with E-state index < -0.39 is 5.82 Å². The van der Waals surface area contributed by atoms with Crippen LogP contribution in [0, 0.1) is 12.7 Å². The summed E-state index contributed by atoms with van der Waals surface area (Å²) in [6.45, 7) is 1.57. The molecule has 11 heavy (non-hydrogen) atoms. The molecule has 0 amide bonds. The summed E-state index contributed by atoms with van der Waals surface area (Å²) < 4.78 is 12.8. The van der Waals surface area contributed by atoms with Crippen LogP contribution in [0.4, 0.5) is 10.1 Å². The Balaban J connectivity index is 3.21. The quantitative estimate of drug-likeness (QED) is 0.643. The van der Waals surface area contributed by atoms with Gasteiger partial charge in [0.05, 0.1) is 10.7 Å². The number of nitrogens with one attached hydrogen (secondary N) is 1. The van der Waals surface area contributed by atoms with Crippen molar-refractivity contribution >= 4 is 17.3 Å². The van der Waals surface area contributed by atoms with Crippen molar-refractivity contribution in [3.8, 4) is 0 Å². The molecule has 0 bridgehead atoms. The lowest BCUT2D eigenvalue weighted by Gasteiger charge is -2.02. The van der Waals surface area contributed by atoms with Crippen LogP contribution in [0.25, 0.3) is 0 Å². The zero-order valence-electron chi connectivity index (χ0n) is 5.86. The smallest absolute Gasteiger partial charge is 0.144 e. The fourth-order valence-electron chi connectivity index (χ4n) is 0.791. The summed E-state index contributed by atoms with van der Waals surface area (Å²) in [6.07, 6.45) is 0. The zero-order valence-corrected chi connectivity index (χ0v) is 6.61. The molecular formula is C7H7ClFNO. The van der Waals surface area contributed by atoms with Crippen LogP contribution in [0.1, 0.15) is 5.56 Å². The van der Waals surface area contributed by atoms with Gasteiger partial charge in [-0.15, -0.1) is 0 Å². The monoisotopic (exact) mass is 175 g/mol. The van der Waals surface area contributed by atoms with E-state index in [9.17, 15) is 4.39 Å². The number of hydrogen-bond donors (Lipinski definition) is 2. The minimum atomic E-state index is -0.453. The Morgan fingerprint density at radius 1 is 1.55 bits per heavy atom. The molecule has 0 spiro atoms. The van der Waals surface area contributed by atoms with Crippen molar-refractivity contribution in [2.24, 2.45) is 0 Å². The van der Waals surface area contributed by atoms with Gasteiger partial charge in [0, 0.05) is 0 Å². The number of hydrogen-bond acceptors (Lipinski definition) is 2. The van der Waals surface area contributed by atoms with Crippen molar-refractivity contribution in [1.29, 1.82) is 0 Å². The lowest BCUT2D eigenvalue weighted by molar-refractivity contribution is 0.388. The van der Waals surface area contributed by atoms with Gasteiger partial charge in [-0.3, -0.25) is 10.7 Å². The second kappa shape index (κ2) is 3.07. The molecule has 2 nitrogen and oxygen atoms in total. The summed E-state index contributed by atoms with van der Waals surface area (Å²) in [6, 6.07) is 2.77. The van der Waals surface area contributed by atoms with Crippen LogP contribution in [-0.4, -0.2) is 5.21 Å². The molecule has 0 aromatic heterocycles. The number of aryl methyl sites for hydroxylation is 1. The highest BCUT2D eigenvalue weighted by Crippen LogP contribution is 2.22. The van der Waals surface area contributed by atoms with Crippen molar-refractivity contribution in [2.45, 2.75) is 6.92 Å². The van der Waals surface area contributed by atoms with Gasteiger partial charge in [0.25, 0.3) is 0 Å². The van der Waals surface area contributed by atoms with Crippen LogP contribution in [-0.2, 0) is 0 Å². The Hall–Kier alpha value is -0.800. The van der Waals surface area contributed by atoms with Crippen molar-refractivity contribution in [1.82, 2.24) is 0 Å². The van der Waals surface area contributed by atoms with Gasteiger partial charge in [-0.25, -0.2) is 4.39 Å². The fraction of sp³-hybridized carbons (Fsp3) is 0.143. The van der Waals surface area contributed by atoms with Gasteiger partial charge < -0.3 is 0 Å². The summed E-state index contributed by atoms with van der Waals surface area (Å²) in [5.74, 6) is -0.453. The first-order valence-corrected chi connectivity index (χ1v) is 3.38. The average molecular weight is 176 g/mol. The van der Waals surface area contributed by atoms with Crippen LogP contribution in [0.3, 0.4) is 0 Å². The first-order valence-electron chi connectivity index (χ1n) is 3.01. The number of rotatable bonds is 1. The third-order valence-electron chi connectivity index (χ3n) is 1.34. The predicted octanol–water partition coefficient (Wildman–Crippen LogP) is 2.59. The average Bonchev–Trinajstić information content (AvgIpc) is 1.99. The molecule has 60 valence electrons. The molecule has 0 saturated heterocycles. The summed E-state index contributed by atoms with van der Waals surface area (Å²) in [5.41, 5.74) is 2.67. The summed E-state index contributed by atoms with van der Waals surface area (Å²) in [5, 5.41) is 8.45. The van der Waals surface area contributed by atoms with E-state index in [4.69, 9.17) is 16.8 Å². The molecule has 1 aromatic rings. The van der Waals surface area contributed by atoms with Gasteiger partial charge in [-0.1, -0.05) is 11.6 Å². The molecule has 0 atom stereocenters. The van der Waals surface area contributed by atoms with Gasteiger partial charge in [-0.05, 0) is 24.6 Å². The summed E-state index contributed by atoms with van der Waals surface area (Å²) in [7, 11) is 0. The molecule has 0 heterocycles. The van der Waals surface area contributed by atoms with Crippen LogP contribution in [0.15, 0.2) is 12.1 Å². The van der Waals surface area contributed by atoms with Gasteiger partial charge in [-0.2, -0.15) is 0 Å². The lowest BCUT2D eigenvalue weighted by Crippen LogP contribution is -1.92. The summed E-state index contributed by atoms with van der Waals surface area (Å²) >= 11 is 5.47. The van der Waals surface area contributed by atoms with E-state index in [-0.39, 0.29) is 5.02 Å². The minimum absolute atomic E-state index is 0.00144. The zero-order chi connectivity index (χ0) is 8.43. The topological polar surface area (TPSA) is 32.3 Å². The second-order valence-electron chi connectivity index (χ2n) is 2.20. The van der Waals surface area contributed by atoms with Crippen LogP contribution in [0.2, 0.25) is 5.02 Å². The number of benzene rings is 1. The highest BCUT2D eigenvalue weighted by atomic mass is 35.5. The van der Waals surface area contributed by atoms with Gasteiger partial charge in [0.2, 0.25) is 0 Å². The third-order valence-corrected chi connectivity index (χ3v) is 1.61. The molecule has 0 aliphatic rings. The Morgan fingerprint density at radius 3 is 2.64 bits per heavy atom. The van der Waals surface area contributed by atoms with E-state index in [0.717, 1.165) is 0 Å². The van der Waals surface area contributed by atoms with E-state index in [1.165, 1.54) is 12.1 Å².